The van der Waals surface area contributed by atoms with E-state index in [9.17, 15) is 4.79 Å². The van der Waals surface area contributed by atoms with Crippen LogP contribution in [0.2, 0.25) is 0 Å². The van der Waals surface area contributed by atoms with E-state index in [4.69, 9.17) is 9.47 Å². The number of benzene rings is 1. The van der Waals surface area contributed by atoms with Crippen molar-refractivity contribution < 1.29 is 14.3 Å². The van der Waals surface area contributed by atoms with Crippen LogP contribution in [0.5, 0.6) is 0 Å². The molecule has 1 saturated carbocycles. The molecule has 1 aromatic carbocycles. The summed E-state index contributed by atoms with van der Waals surface area (Å²) in [6, 6.07) is 6.34. The molecule has 2 aliphatic carbocycles. The van der Waals surface area contributed by atoms with Gasteiger partial charge in [0.25, 0.3) is 5.91 Å². The van der Waals surface area contributed by atoms with Gasteiger partial charge in [0.05, 0.1) is 12.7 Å². The van der Waals surface area contributed by atoms with E-state index in [1.54, 1.807) is 7.11 Å². The fourth-order valence-electron chi connectivity index (χ4n) is 4.38. The molecule has 0 spiro atoms. The van der Waals surface area contributed by atoms with Gasteiger partial charge in [-0.25, -0.2) is 0 Å². The Morgan fingerprint density at radius 1 is 1.36 bits per heavy atom. The molecule has 118 valence electrons. The molecule has 1 amide bonds. The summed E-state index contributed by atoms with van der Waals surface area (Å²) in [7, 11) is 1.71. The highest BCUT2D eigenvalue weighted by atomic mass is 16.5. The van der Waals surface area contributed by atoms with Crippen LogP contribution in [-0.2, 0) is 22.3 Å². The Morgan fingerprint density at radius 2 is 2.23 bits per heavy atom. The van der Waals surface area contributed by atoms with Crippen LogP contribution < -0.4 is 5.32 Å². The van der Waals surface area contributed by atoms with Gasteiger partial charge in [-0.1, -0.05) is 6.07 Å². The zero-order valence-corrected chi connectivity index (χ0v) is 13.0. The first-order valence-corrected chi connectivity index (χ1v) is 8.31. The van der Waals surface area contributed by atoms with Gasteiger partial charge in [0.15, 0.2) is 0 Å². The number of hydrogen-bond donors (Lipinski definition) is 1. The summed E-state index contributed by atoms with van der Waals surface area (Å²) in [5.74, 6) is 0.792. The molecule has 1 aromatic rings. The highest BCUT2D eigenvalue weighted by molar-refractivity contribution is 5.94. The smallest absolute Gasteiger partial charge is 0.251 e. The second-order valence-electron chi connectivity index (χ2n) is 6.74. The van der Waals surface area contributed by atoms with Gasteiger partial charge in [-0.05, 0) is 48.9 Å². The van der Waals surface area contributed by atoms with Crippen molar-refractivity contribution in [2.75, 3.05) is 20.3 Å². The van der Waals surface area contributed by atoms with E-state index in [-0.39, 0.29) is 24.0 Å². The molecule has 0 aromatic heterocycles. The molecular weight excluding hydrogens is 278 g/mol. The fourth-order valence-corrected chi connectivity index (χ4v) is 4.38. The van der Waals surface area contributed by atoms with Gasteiger partial charge in [0.1, 0.15) is 0 Å². The molecule has 22 heavy (non-hydrogen) atoms. The Morgan fingerprint density at radius 3 is 3.09 bits per heavy atom. The molecule has 4 rings (SSSR count). The summed E-state index contributed by atoms with van der Waals surface area (Å²) in [6.45, 7) is 1.46. The fraction of sp³-hybridized carbons (Fsp3) is 0.611. The molecule has 1 saturated heterocycles. The van der Waals surface area contributed by atoms with Crippen LogP contribution >= 0.6 is 0 Å². The summed E-state index contributed by atoms with van der Waals surface area (Å²) in [4.78, 5) is 12.6. The van der Waals surface area contributed by atoms with Crippen LogP contribution in [0.25, 0.3) is 0 Å². The maximum atomic E-state index is 12.6. The minimum absolute atomic E-state index is 0.0474. The number of fused-ring (bicyclic) bond motifs is 2. The van der Waals surface area contributed by atoms with E-state index < -0.39 is 0 Å². The van der Waals surface area contributed by atoms with Crippen LogP contribution in [0.15, 0.2) is 18.2 Å². The number of amides is 1. The third-order valence-electron chi connectivity index (χ3n) is 5.55. The van der Waals surface area contributed by atoms with Crippen molar-refractivity contribution in [2.24, 2.45) is 11.8 Å². The van der Waals surface area contributed by atoms with Crippen LogP contribution in [0.3, 0.4) is 0 Å². The van der Waals surface area contributed by atoms with Crippen LogP contribution in [0.1, 0.15) is 34.3 Å². The summed E-state index contributed by atoms with van der Waals surface area (Å²) in [5, 5.41) is 3.23. The third-order valence-corrected chi connectivity index (χ3v) is 5.55. The number of hydrogen-bond acceptors (Lipinski definition) is 3. The standard InChI is InChI=1S/C18H23NO3/c1-21-10-15-16(14-7-8-22-17(14)15)19-18(20)13-6-5-11-3-2-4-12(11)9-13/h5-6,9,14-17H,2-4,7-8,10H2,1H3,(H,19,20)/t14-,15+,16-,17-/m1/s1. The molecule has 0 radical (unpaired) electrons. The second-order valence-corrected chi connectivity index (χ2v) is 6.74. The Kier molecular flexibility index (Phi) is 3.66. The molecule has 1 N–H and O–H groups in total. The van der Waals surface area contributed by atoms with E-state index in [1.807, 2.05) is 6.07 Å². The molecule has 1 heterocycles. The van der Waals surface area contributed by atoms with Crippen molar-refractivity contribution in [1.29, 1.82) is 0 Å². The van der Waals surface area contributed by atoms with E-state index in [0.717, 1.165) is 31.4 Å². The highest BCUT2D eigenvalue weighted by Gasteiger charge is 2.54. The number of carbonyl (C=O) groups is 1. The number of nitrogens with one attached hydrogen (secondary N) is 1. The lowest BCUT2D eigenvalue weighted by Crippen LogP contribution is -2.62. The molecule has 4 atom stereocenters. The predicted molar refractivity (Wildman–Crippen MR) is 82.9 cm³/mol. The van der Waals surface area contributed by atoms with Crippen molar-refractivity contribution in [3.8, 4) is 0 Å². The van der Waals surface area contributed by atoms with Gasteiger partial charge >= 0.3 is 0 Å². The maximum Gasteiger partial charge on any atom is 0.251 e. The van der Waals surface area contributed by atoms with Gasteiger partial charge in [-0.2, -0.15) is 0 Å². The predicted octanol–water partition coefficient (Wildman–Crippen LogP) is 1.96. The normalized spacial score (nSPS) is 32.2. The Hall–Kier alpha value is -1.39. The molecule has 0 bridgehead atoms. The lowest BCUT2D eigenvalue weighted by atomic mass is 9.67. The lowest BCUT2D eigenvalue weighted by Gasteiger charge is -2.47. The molecule has 0 unspecified atom stereocenters. The van der Waals surface area contributed by atoms with E-state index in [2.05, 4.69) is 17.4 Å². The van der Waals surface area contributed by atoms with Gasteiger partial charge < -0.3 is 14.8 Å². The zero-order chi connectivity index (χ0) is 15.1. The van der Waals surface area contributed by atoms with Gasteiger partial charge in [0.2, 0.25) is 0 Å². The summed E-state index contributed by atoms with van der Waals surface area (Å²) < 4.78 is 11.1. The number of rotatable bonds is 4. The monoisotopic (exact) mass is 301 g/mol. The quantitative estimate of drug-likeness (QED) is 0.925. The maximum absolute atomic E-state index is 12.6. The van der Waals surface area contributed by atoms with E-state index in [0.29, 0.717) is 12.5 Å². The van der Waals surface area contributed by atoms with Crippen molar-refractivity contribution in [2.45, 2.75) is 37.8 Å². The summed E-state index contributed by atoms with van der Waals surface area (Å²) in [6.07, 6.45) is 4.77. The van der Waals surface area contributed by atoms with Gasteiger partial charge in [0, 0.05) is 37.2 Å². The third kappa shape index (κ3) is 2.25. The van der Waals surface area contributed by atoms with Crippen LogP contribution in [0.4, 0.5) is 0 Å². The highest BCUT2D eigenvalue weighted by Crippen LogP contribution is 2.43. The van der Waals surface area contributed by atoms with Crippen LogP contribution in [-0.4, -0.2) is 38.4 Å². The first kappa shape index (κ1) is 14.2. The van der Waals surface area contributed by atoms with E-state index in [1.165, 1.54) is 17.5 Å². The average Bonchev–Trinajstić information content (AvgIpc) is 3.16. The Balaban J connectivity index is 1.47. The second kappa shape index (κ2) is 5.67. The zero-order valence-electron chi connectivity index (χ0n) is 13.0. The number of ether oxygens (including phenoxy) is 2. The first-order chi connectivity index (χ1) is 10.8. The number of carbonyl (C=O) groups excluding carboxylic acids is 1. The molecule has 3 aliphatic rings. The minimum Gasteiger partial charge on any atom is -0.384 e. The van der Waals surface area contributed by atoms with E-state index >= 15 is 0 Å². The molecular formula is C18H23NO3. The topological polar surface area (TPSA) is 47.6 Å². The molecule has 4 heteroatoms. The molecule has 4 nitrogen and oxygen atoms in total. The van der Waals surface area contributed by atoms with Crippen molar-refractivity contribution >= 4 is 5.91 Å². The first-order valence-electron chi connectivity index (χ1n) is 8.31. The number of aryl methyl sites for hydroxylation is 2. The minimum atomic E-state index is 0.0474. The SMILES string of the molecule is COC[C@H]1[C@H](NC(=O)c2ccc3c(c2)CCC3)[C@H]2CCO[C@H]21. The van der Waals surface area contributed by atoms with Gasteiger partial charge in [-0.3, -0.25) is 4.79 Å². The average molecular weight is 301 g/mol. The Bertz CT molecular complexity index is 586. The molecule has 2 fully saturated rings. The van der Waals surface area contributed by atoms with Gasteiger partial charge in [-0.15, -0.1) is 0 Å². The van der Waals surface area contributed by atoms with Crippen molar-refractivity contribution in [3.63, 3.8) is 0 Å². The van der Waals surface area contributed by atoms with Crippen molar-refractivity contribution in [1.82, 2.24) is 5.32 Å². The lowest BCUT2D eigenvalue weighted by molar-refractivity contribution is -0.0809. The summed E-state index contributed by atoms with van der Waals surface area (Å²) >= 11 is 0. The van der Waals surface area contributed by atoms with Crippen LogP contribution in [0, 0.1) is 11.8 Å². The van der Waals surface area contributed by atoms with Crippen molar-refractivity contribution in [3.05, 3.63) is 34.9 Å². The molecule has 1 aliphatic heterocycles. The Labute approximate surface area is 131 Å². The summed E-state index contributed by atoms with van der Waals surface area (Å²) in [5.41, 5.74) is 3.54. The number of methoxy groups -OCH3 is 1. The largest absolute Gasteiger partial charge is 0.384 e.